The fourth-order valence-corrected chi connectivity index (χ4v) is 3.21. The second-order valence-electron chi connectivity index (χ2n) is 6.34. The molecule has 1 unspecified atom stereocenters. The van der Waals surface area contributed by atoms with Gasteiger partial charge in [-0.25, -0.2) is 4.98 Å². The predicted octanol–water partition coefficient (Wildman–Crippen LogP) is 1.33. The van der Waals surface area contributed by atoms with Crippen LogP contribution in [0.15, 0.2) is 29.3 Å². The lowest BCUT2D eigenvalue weighted by Crippen LogP contribution is -2.34. The Morgan fingerprint density at radius 1 is 1.36 bits per heavy atom. The summed E-state index contributed by atoms with van der Waals surface area (Å²) in [4.78, 5) is 41.0. The predicted molar refractivity (Wildman–Crippen MR) is 90.0 cm³/mol. The zero-order valence-corrected chi connectivity index (χ0v) is 13.7. The van der Waals surface area contributed by atoms with Crippen LogP contribution < -0.4 is 15.6 Å². The van der Waals surface area contributed by atoms with Crippen LogP contribution in [0.5, 0.6) is 5.75 Å². The minimum atomic E-state index is -0.565. The molecule has 2 heterocycles. The summed E-state index contributed by atoms with van der Waals surface area (Å²) in [5.41, 5.74) is 2.30. The molecule has 1 N–H and O–H groups in total. The maximum absolute atomic E-state index is 12.6. The van der Waals surface area contributed by atoms with E-state index in [0.29, 0.717) is 17.0 Å². The standard InChI is InChI=1S/C18H17N3O4/c1-10-17(23)20-14-7-11(5-6-16(14)25-10)15(22)8-21-9-19-13-4-2-3-12(13)18(21)24/h5-7,9-10H,2-4,8H2,1H3,(H,20,23). The van der Waals surface area contributed by atoms with Crippen LogP contribution in [0.25, 0.3) is 0 Å². The first-order chi connectivity index (χ1) is 12.0. The van der Waals surface area contributed by atoms with Crippen molar-refractivity contribution >= 4 is 17.4 Å². The van der Waals surface area contributed by atoms with Gasteiger partial charge in [0, 0.05) is 11.1 Å². The number of carbonyl (C=O) groups is 2. The van der Waals surface area contributed by atoms with Crippen molar-refractivity contribution in [2.75, 3.05) is 5.32 Å². The summed E-state index contributed by atoms with van der Waals surface area (Å²) in [6.45, 7) is 1.58. The maximum Gasteiger partial charge on any atom is 0.265 e. The molecule has 1 aromatic heterocycles. The number of Topliss-reactive ketones (excluding diaryl/α,β-unsaturated/α-hetero) is 1. The third-order valence-electron chi connectivity index (χ3n) is 4.61. The van der Waals surface area contributed by atoms with Gasteiger partial charge in [0.05, 0.1) is 24.3 Å². The summed E-state index contributed by atoms with van der Waals surface area (Å²) in [5.74, 6) is 0.0497. The van der Waals surface area contributed by atoms with Gasteiger partial charge in [-0.1, -0.05) is 0 Å². The topological polar surface area (TPSA) is 90.3 Å². The van der Waals surface area contributed by atoms with E-state index in [2.05, 4.69) is 10.3 Å². The normalized spacial score (nSPS) is 18.1. The van der Waals surface area contributed by atoms with Crippen molar-refractivity contribution in [1.82, 2.24) is 9.55 Å². The summed E-state index contributed by atoms with van der Waals surface area (Å²) < 4.78 is 6.83. The Morgan fingerprint density at radius 2 is 2.20 bits per heavy atom. The molecule has 0 saturated heterocycles. The number of nitrogens with zero attached hydrogens (tertiary/aromatic N) is 2. The van der Waals surface area contributed by atoms with Gasteiger partial charge in [-0.15, -0.1) is 0 Å². The molecule has 0 spiro atoms. The molecule has 0 saturated carbocycles. The monoisotopic (exact) mass is 339 g/mol. The molecule has 1 aliphatic heterocycles. The summed E-state index contributed by atoms with van der Waals surface area (Å²) in [6, 6.07) is 4.87. The molecular formula is C18H17N3O4. The molecule has 0 radical (unpaired) electrons. The fourth-order valence-electron chi connectivity index (χ4n) is 3.21. The van der Waals surface area contributed by atoms with Gasteiger partial charge in [0.2, 0.25) is 0 Å². The molecule has 0 bridgehead atoms. The van der Waals surface area contributed by atoms with E-state index in [1.54, 1.807) is 25.1 Å². The SMILES string of the molecule is CC1Oc2ccc(C(=O)Cn3cnc4c(c3=O)CCC4)cc2NC1=O. The van der Waals surface area contributed by atoms with Gasteiger partial charge in [-0.2, -0.15) is 0 Å². The molecule has 128 valence electrons. The van der Waals surface area contributed by atoms with Gasteiger partial charge in [0.15, 0.2) is 11.9 Å². The number of carbonyl (C=O) groups excluding carboxylic acids is 2. The number of nitrogens with one attached hydrogen (secondary N) is 1. The zero-order chi connectivity index (χ0) is 17.6. The van der Waals surface area contributed by atoms with Crippen molar-refractivity contribution in [1.29, 1.82) is 0 Å². The van der Waals surface area contributed by atoms with E-state index in [9.17, 15) is 14.4 Å². The lowest BCUT2D eigenvalue weighted by molar-refractivity contribution is -0.122. The van der Waals surface area contributed by atoms with Crippen LogP contribution in [-0.2, 0) is 24.2 Å². The summed E-state index contributed by atoms with van der Waals surface area (Å²) in [5, 5.41) is 2.72. The average Bonchev–Trinajstić information content (AvgIpc) is 3.07. The number of hydrogen-bond donors (Lipinski definition) is 1. The number of amides is 1. The molecule has 7 nitrogen and oxygen atoms in total. The molecule has 1 amide bonds. The first-order valence-corrected chi connectivity index (χ1v) is 8.25. The van der Waals surface area contributed by atoms with E-state index in [0.717, 1.165) is 30.5 Å². The van der Waals surface area contributed by atoms with E-state index in [1.165, 1.54) is 10.9 Å². The van der Waals surface area contributed by atoms with Crippen LogP contribution in [0.4, 0.5) is 5.69 Å². The molecule has 0 fully saturated rings. The second-order valence-corrected chi connectivity index (χ2v) is 6.34. The van der Waals surface area contributed by atoms with E-state index in [1.807, 2.05) is 0 Å². The third-order valence-corrected chi connectivity index (χ3v) is 4.61. The van der Waals surface area contributed by atoms with E-state index >= 15 is 0 Å². The van der Waals surface area contributed by atoms with Gasteiger partial charge in [0.25, 0.3) is 11.5 Å². The number of rotatable bonds is 3. The number of hydrogen-bond acceptors (Lipinski definition) is 5. The summed E-state index contributed by atoms with van der Waals surface area (Å²) >= 11 is 0. The van der Waals surface area contributed by atoms with Gasteiger partial charge >= 0.3 is 0 Å². The Kier molecular flexibility index (Phi) is 3.63. The van der Waals surface area contributed by atoms with Crippen LogP contribution in [0.1, 0.15) is 35.0 Å². The molecule has 2 aliphatic rings. The highest BCUT2D eigenvalue weighted by Gasteiger charge is 2.24. The third kappa shape index (κ3) is 2.71. The summed E-state index contributed by atoms with van der Waals surface area (Å²) in [6.07, 6.45) is 3.34. The number of aromatic nitrogens is 2. The molecule has 1 atom stereocenters. The minimum Gasteiger partial charge on any atom is -0.479 e. The van der Waals surface area contributed by atoms with Crippen LogP contribution in [-0.4, -0.2) is 27.3 Å². The number of anilines is 1. The van der Waals surface area contributed by atoms with Crippen molar-refractivity contribution < 1.29 is 14.3 Å². The highest BCUT2D eigenvalue weighted by Crippen LogP contribution is 2.30. The first kappa shape index (κ1) is 15.6. The maximum atomic E-state index is 12.6. The quantitative estimate of drug-likeness (QED) is 0.852. The van der Waals surface area contributed by atoms with Gasteiger partial charge in [-0.3, -0.25) is 19.0 Å². The molecule has 7 heteroatoms. The molecule has 1 aromatic carbocycles. The first-order valence-electron chi connectivity index (χ1n) is 8.25. The number of ether oxygens (including phenoxy) is 1. The van der Waals surface area contributed by atoms with Gasteiger partial charge in [-0.05, 0) is 44.4 Å². The molecule has 4 rings (SSSR count). The van der Waals surface area contributed by atoms with E-state index in [-0.39, 0.29) is 23.8 Å². The van der Waals surface area contributed by atoms with Crippen LogP contribution in [0.3, 0.4) is 0 Å². The van der Waals surface area contributed by atoms with Crippen molar-refractivity contribution in [2.45, 2.75) is 38.8 Å². The van der Waals surface area contributed by atoms with Gasteiger partial charge in [0.1, 0.15) is 5.75 Å². The number of benzene rings is 1. The van der Waals surface area contributed by atoms with E-state index in [4.69, 9.17) is 4.74 Å². The van der Waals surface area contributed by atoms with Crippen LogP contribution in [0.2, 0.25) is 0 Å². The lowest BCUT2D eigenvalue weighted by atomic mass is 10.1. The van der Waals surface area contributed by atoms with Gasteiger partial charge < -0.3 is 10.1 Å². The Labute approximate surface area is 143 Å². The van der Waals surface area contributed by atoms with Crippen molar-refractivity contribution in [3.63, 3.8) is 0 Å². The van der Waals surface area contributed by atoms with E-state index < -0.39 is 6.10 Å². The number of aryl methyl sites for hydroxylation is 1. The Balaban J connectivity index is 1.59. The largest absolute Gasteiger partial charge is 0.479 e. The molecule has 2 aromatic rings. The smallest absolute Gasteiger partial charge is 0.265 e. The fraction of sp³-hybridized carbons (Fsp3) is 0.333. The van der Waals surface area contributed by atoms with Crippen LogP contribution >= 0.6 is 0 Å². The average molecular weight is 339 g/mol. The van der Waals surface area contributed by atoms with Crippen molar-refractivity contribution in [3.8, 4) is 5.75 Å². The molecule has 25 heavy (non-hydrogen) atoms. The second kappa shape index (κ2) is 5.84. The number of fused-ring (bicyclic) bond motifs is 2. The Hall–Kier alpha value is -2.96. The lowest BCUT2D eigenvalue weighted by Gasteiger charge is -2.23. The van der Waals surface area contributed by atoms with Crippen molar-refractivity contribution in [2.24, 2.45) is 0 Å². The highest BCUT2D eigenvalue weighted by atomic mass is 16.5. The summed E-state index contributed by atoms with van der Waals surface area (Å²) in [7, 11) is 0. The Morgan fingerprint density at radius 3 is 3.04 bits per heavy atom. The molecule has 1 aliphatic carbocycles. The molecular weight excluding hydrogens is 322 g/mol. The highest BCUT2D eigenvalue weighted by molar-refractivity contribution is 6.01. The zero-order valence-electron chi connectivity index (χ0n) is 13.7. The Bertz CT molecular complexity index is 948. The number of ketones is 1. The van der Waals surface area contributed by atoms with Crippen molar-refractivity contribution in [3.05, 3.63) is 51.7 Å². The minimum absolute atomic E-state index is 0.0803. The van der Waals surface area contributed by atoms with Crippen LogP contribution in [0, 0.1) is 0 Å².